The van der Waals surface area contributed by atoms with Crippen LogP contribution in [0.25, 0.3) is 0 Å². The summed E-state index contributed by atoms with van der Waals surface area (Å²) in [5.41, 5.74) is 4.84. The third-order valence-electron chi connectivity index (χ3n) is 6.16. The van der Waals surface area contributed by atoms with Crippen LogP contribution in [0.1, 0.15) is 32.6 Å². The van der Waals surface area contributed by atoms with Crippen LogP contribution >= 0.6 is 23.2 Å². The number of hydrogen-bond acceptors (Lipinski definition) is 7. The normalized spacial score (nSPS) is 14.4. The summed E-state index contributed by atoms with van der Waals surface area (Å²) in [5, 5.41) is 9.88. The first kappa shape index (κ1) is 23.3. The Labute approximate surface area is 212 Å². The van der Waals surface area contributed by atoms with Crippen molar-refractivity contribution < 1.29 is 19.2 Å². The first-order chi connectivity index (χ1) is 16.8. The van der Waals surface area contributed by atoms with E-state index >= 15 is 0 Å². The molecule has 0 aromatic heterocycles. The molecule has 5 rings (SSSR count). The Hall–Kier alpha value is -3.46. The number of benzene rings is 3. The van der Waals surface area contributed by atoms with Gasteiger partial charge in [-0.3, -0.25) is 9.73 Å². The number of anilines is 2. The number of hydrazine groups is 2. The van der Waals surface area contributed by atoms with E-state index in [0.29, 0.717) is 44.3 Å². The standard InChI is InChI=1S/C25H22Cl2N4O4/c1-13-21(14(2)23(27)15(3)22(13)26)24-28-35-31-29(24)19-8-6-7-9-20(19)30(31)25(32)16-10-17(33-4)12-18(11-16)34-5/h6-12H,1-5H3. The fourth-order valence-corrected chi connectivity index (χ4v) is 4.79. The summed E-state index contributed by atoms with van der Waals surface area (Å²) in [6.07, 6.45) is 0. The summed E-state index contributed by atoms with van der Waals surface area (Å²) in [4.78, 5) is 19.5. The highest BCUT2D eigenvalue weighted by atomic mass is 35.5. The summed E-state index contributed by atoms with van der Waals surface area (Å²) in [6, 6.07) is 12.4. The monoisotopic (exact) mass is 512 g/mol. The number of carbonyl (C=O) groups excluding carboxylic acids is 1. The summed E-state index contributed by atoms with van der Waals surface area (Å²) >= 11 is 13.2. The maximum atomic E-state index is 13.8. The van der Waals surface area contributed by atoms with Gasteiger partial charge in [-0.05, 0) is 66.9 Å². The Balaban J connectivity index is 1.62. The number of amidine groups is 1. The van der Waals surface area contributed by atoms with Crippen LogP contribution in [0.3, 0.4) is 0 Å². The van der Waals surface area contributed by atoms with Gasteiger partial charge in [0.15, 0.2) is 0 Å². The van der Waals surface area contributed by atoms with Crippen LogP contribution in [0.5, 0.6) is 11.5 Å². The van der Waals surface area contributed by atoms with E-state index in [0.717, 1.165) is 22.3 Å². The summed E-state index contributed by atoms with van der Waals surface area (Å²) in [6.45, 7) is 5.70. The minimum Gasteiger partial charge on any atom is -0.497 e. The Bertz CT molecular complexity index is 1360. The Morgan fingerprint density at radius 2 is 1.46 bits per heavy atom. The highest BCUT2D eigenvalue weighted by molar-refractivity contribution is 6.38. The molecule has 8 nitrogen and oxygen atoms in total. The molecule has 0 atom stereocenters. The van der Waals surface area contributed by atoms with Crippen molar-refractivity contribution >= 4 is 46.3 Å². The van der Waals surface area contributed by atoms with Gasteiger partial charge in [0, 0.05) is 27.2 Å². The van der Waals surface area contributed by atoms with E-state index in [2.05, 4.69) is 5.16 Å². The van der Waals surface area contributed by atoms with Gasteiger partial charge in [-0.15, -0.1) is 0 Å². The van der Waals surface area contributed by atoms with Crippen LogP contribution in [-0.4, -0.2) is 31.2 Å². The molecule has 2 aliphatic heterocycles. The van der Waals surface area contributed by atoms with E-state index in [-0.39, 0.29) is 5.91 Å². The SMILES string of the molecule is COc1cc(OC)cc(C(=O)N2c3ccccc3N3C(c4c(C)c(Cl)c(C)c(Cl)c4C)=NON23)c1. The van der Waals surface area contributed by atoms with E-state index in [9.17, 15) is 4.79 Å². The molecule has 35 heavy (non-hydrogen) atoms. The van der Waals surface area contributed by atoms with Crippen molar-refractivity contribution in [3.8, 4) is 11.5 Å². The number of fused-ring (bicyclic) bond motifs is 3. The predicted molar refractivity (Wildman–Crippen MR) is 135 cm³/mol. The lowest BCUT2D eigenvalue weighted by atomic mass is 9.98. The molecule has 3 aromatic rings. The van der Waals surface area contributed by atoms with Gasteiger partial charge < -0.3 is 9.47 Å². The first-order valence-corrected chi connectivity index (χ1v) is 11.5. The zero-order valence-corrected chi connectivity index (χ0v) is 21.2. The Morgan fingerprint density at radius 1 is 0.886 bits per heavy atom. The molecule has 0 bridgehead atoms. The number of carbonyl (C=O) groups is 1. The van der Waals surface area contributed by atoms with Crippen LogP contribution in [0.4, 0.5) is 11.4 Å². The molecule has 0 aliphatic carbocycles. The van der Waals surface area contributed by atoms with Crippen LogP contribution in [0, 0.1) is 20.8 Å². The van der Waals surface area contributed by atoms with Gasteiger partial charge in [0.25, 0.3) is 5.91 Å². The van der Waals surface area contributed by atoms with Crippen molar-refractivity contribution in [2.24, 2.45) is 5.16 Å². The molecule has 0 unspecified atom stereocenters. The number of rotatable bonds is 4. The maximum absolute atomic E-state index is 13.8. The highest BCUT2D eigenvalue weighted by Gasteiger charge is 2.48. The lowest BCUT2D eigenvalue weighted by Crippen LogP contribution is -2.49. The van der Waals surface area contributed by atoms with Gasteiger partial charge in [0.2, 0.25) is 5.84 Å². The quantitative estimate of drug-likeness (QED) is 0.437. The summed E-state index contributed by atoms with van der Waals surface area (Å²) in [7, 11) is 3.06. The van der Waals surface area contributed by atoms with Crippen LogP contribution in [0.2, 0.25) is 10.0 Å². The van der Waals surface area contributed by atoms with Gasteiger partial charge in [-0.1, -0.05) is 35.3 Å². The molecule has 1 amide bonds. The van der Waals surface area contributed by atoms with Crippen molar-refractivity contribution in [1.29, 1.82) is 0 Å². The fraction of sp³-hybridized carbons (Fsp3) is 0.200. The number of halogens is 2. The summed E-state index contributed by atoms with van der Waals surface area (Å²) in [5.74, 6) is 1.09. The molecule has 3 aromatic carbocycles. The highest BCUT2D eigenvalue weighted by Crippen LogP contribution is 2.45. The predicted octanol–water partition coefficient (Wildman–Crippen LogP) is 5.84. The second kappa shape index (κ2) is 8.64. The second-order valence-corrected chi connectivity index (χ2v) is 8.90. The van der Waals surface area contributed by atoms with Crippen molar-refractivity contribution in [2.75, 3.05) is 24.2 Å². The van der Waals surface area contributed by atoms with Gasteiger partial charge >= 0.3 is 0 Å². The van der Waals surface area contributed by atoms with Crippen molar-refractivity contribution in [3.05, 3.63) is 80.3 Å². The second-order valence-electron chi connectivity index (χ2n) is 8.15. The van der Waals surface area contributed by atoms with Gasteiger partial charge in [-0.2, -0.15) is 10.0 Å². The van der Waals surface area contributed by atoms with Gasteiger partial charge in [-0.25, -0.2) is 0 Å². The lowest BCUT2D eigenvalue weighted by Gasteiger charge is -2.25. The van der Waals surface area contributed by atoms with E-state index in [4.69, 9.17) is 37.6 Å². The minimum atomic E-state index is -0.359. The van der Waals surface area contributed by atoms with E-state index < -0.39 is 0 Å². The first-order valence-electron chi connectivity index (χ1n) is 10.7. The third-order valence-corrected chi connectivity index (χ3v) is 7.30. The number of nitrogens with zero attached hydrogens (tertiary/aromatic N) is 4. The number of para-hydroxylation sites is 2. The zero-order valence-electron chi connectivity index (χ0n) is 19.7. The number of ether oxygens (including phenoxy) is 2. The molecular formula is C25H22Cl2N4O4. The van der Waals surface area contributed by atoms with Gasteiger partial charge in [0.05, 0.1) is 30.9 Å². The van der Waals surface area contributed by atoms with Crippen LogP contribution in [0.15, 0.2) is 47.6 Å². The molecule has 0 saturated carbocycles. The van der Waals surface area contributed by atoms with E-state index in [1.54, 1.807) is 23.2 Å². The van der Waals surface area contributed by atoms with E-state index in [1.165, 1.54) is 24.5 Å². The zero-order chi connectivity index (χ0) is 25.0. The number of methoxy groups -OCH3 is 2. The van der Waals surface area contributed by atoms with Crippen LogP contribution < -0.4 is 19.5 Å². The molecule has 2 aliphatic rings. The fourth-order valence-electron chi connectivity index (χ4n) is 4.36. The number of oxime groups is 1. The maximum Gasteiger partial charge on any atom is 0.277 e. The molecule has 0 spiro atoms. The smallest absolute Gasteiger partial charge is 0.277 e. The van der Waals surface area contributed by atoms with Crippen LogP contribution in [-0.2, 0) is 4.94 Å². The molecule has 0 radical (unpaired) electrons. The molecule has 2 heterocycles. The Kier molecular flexibility index (Phi) is 5.75. The molecule has 0 saturated heterocycles. The van der Waals surface area contributed by atoms with Crippen molar-refractivity contribution in [1.82, 2.24) is 5.28 Å². The largest absolute Gasteiger partial charge is 0.497 e. The van der Waals surface area contributed by atoms with Crippen molar-refractivity contribution in [2.45, 2.75) is 20.8 Å². The lowest BCUT2D eigenvalue weighted by molar-refractivity contribution is -0.135. The molecule has 180 valence electrons. The summed E-state index contributed by atoms with van der Waals surface area (Å²) < 4.78 is 10.7. The molecule has 10 heteroatoms. The number of hydrogen-bond donors (Lipinski definition) is 0. The topological polar surface area (TPSA) is 66.8 Å². The molecular weight excluding hydrogens is 491 g/mol. The van der Waals surface area contributed by atoms with Gasteiger partial charge in [0.1, 0.15) is 11.5 Å². The minimum absolute atomic E-state index is 0.351. The average Bonchev–Trinajstić information content (AvgIpc) is 3.44. The average molecular weight is 513 g/mol. The van der Waals surface area contributed by atoms with E-state index in [1.807, 2.05) is 45.0 Å². The molecule has 0 fully saturated rings. The molecule has 0 N–H and O–H groups in total. The Morgan fingerprint density at radius 3 is 2.03 bits per heavy atom. The third kappa shape index (κ3) is 3.48. The number of amides is 1. The van der Waals surface area contributed by atoms with Crippen molar-refractivity contribution in [3.63, 3.8) is 0 Å².